The lowest BCUT2D eigenvalue weighted by Gasteiger charge is -2.13. The molecule has 0 radical (unpaired) electrons. The lowest BCUT2D eigenvalue weighted by molar-refractivity contribution is 0.784. The van der Waals surface area contributed by atoms with Gasteiger partial charge in [0, 0.05) is 15.3 Å². The third-order valence-corrected chi connectivity index (χ3v) is 4.88. The Morgan fingerprint density at radius 2 is 2.29 bits per heavy atom. The normalized spacial score (nSPS) is 18.4. The van der Waals surface area contributed by atoms with Crippen molar-refractivity contribution in [3.8, 4) is 0 Å². The number of halogens is 1. The van der Waals surface area contributed by atoms with Gasteiger partial charge in [-0.2, -0.15) is 0 Å². The zero-order chi connectivity index (χ0) is 12.0. The van der Waals surface area contributed by atoms with Gasteiger partial charge in [0.1, 0.15) is 0 Å². The van der Waals surface area contributed by atoms with Crippen LogP contribution < -0.4 is 5.73 Å². The standard InChI is InChI=1S/C13H13BrN2S/c1-7-2-3-8(14)6-10(7)9-4-5-11-12(9)17-13(15)16-11/h2-3,6,9H,4-5H2,1H3,(H2,15,16). The first-order valence-corrected chi connectivity index (χ1v) is 7.27. The first kappa shape index (κ1) is 11.2. The Morgan fingerprint density at radius 1 is 1.47 bits per heavy atom. The minimum absolute atomic E-state index is 0.484. The summed E-state index contributed by atoms with van der Waals surface area (Å²) in [6, 6.07) is 6.49. The van der Waals surface area contributed by atoms with Crippen molar-refractivity contribution in [2.45, 2.75) is 25.7 Å². The molecule has 1 atom stereocenters. The highest BCUT2D eigenvalue weighted by atomic mass is 79.9. The zero-order valence-corrected chi connectivity index (χ0v) is 11.9. The second-order valence-corrected chi connectivity index (χ2v) is 6.43. The highest BCUT2D eigenvalue weighted by molar-refractivity contribution is 9.10. The molecule has 0 aliphatic heterocycles. The first-order valence-electron chi connectivity index (χ1n) is 5.66. The predicted molar refractivity (Wildman–Crippen MR) is 75.6 cm³/mol. The van der Waals surface area contributed by atoms with Crippen LogP contribution in [0.25, 0.3) is 0 Å². The van der Waals surface area contributed by atoms with Crippen LogP contribution in [0.5, 0.6) is 0 Å². The van der Waals surface area contributed by atoms with Crippen LogP contribution in [0.4, 0.5) is 5.13 Å². The number of nitrogens with two attached hydrogens (primary N) is 1. The second kappa shape index (κ2) is 4.10. The fraction of sp³-hybridized carbons (Fsp3) is 0.308. The minimum Gasteiger partial charge on any atom is -0.375 e. The second-order valence-electron chi connectivity index (χ2n) is 4.46. The molecule has 0 saturated carbocycles. The highest BCUT2D eigenvalue weighted by Gasteiger charge is 2.28. The quantitative estimate of drug-likeness (QED) is 0.868. The van der Waals surface area contributed by atoms with Crippen LogP contribution in [0.2, 0.25) is 0 Å². The molecular formula is C13H13BrN2S. The molecule has 1 aliphatic rings. The van der Waals surface area contributed by atoms with Crippen LogP contribution in [0.3, 0.4) is 0 Å². The molecule has 4 heteroatoms. The van der Waals surface area contributed by atoms with Crippen molar-refractivity contribution in [3.63, 3.8) is 0 Å². The summed E-state index contributed by atoms with van der Waals surface area (Å²) < 4.78 is 1.14. The van der Waals surface area contributed by atoms with Crippen molar-refractivity contribution in [3.05, 3.63) is 44.4 Å². The van der Waals surface area contributed by atoms with Crippen molar-refractivity contribution < 1.29 is 0 Å². The van der Waals surface area contributed by atoms with E-state index in [-0.39, 0.29) is 0 Å². The van der Waals surface area contributed by atoms with Gasteiger partial charge in [-0.3, -0.25) is 0 Å². The van der Waals surface area contributed by atoms with Crippen molar-refractivity contribution in [1.82, 2.24) is 4.98 Å². The Bertz CT molecular complexity index is 577. The molecule has 17 heavy (non-hydrogen) atoms. The van der Waals surface area contributed by atoms with Crippen LogP contribution in [-0.2, 0) is 6.42 Å². The van der Waals surface area contributed by atoms with Crippen LogP contribution >= 0.6 is 27.3 Å². The average Bonchev–Trinajstić information content (AvgIpc) is 2.80. The van der Waals surface area contributed by atoms with Gasteiger partial charge in [-0.25, -0.2) is 4.98 Å². The molecule has 2 nitrogen and oxygen atoms in total. The average molecular weight is 309 g/mol. The third kappa shape index (κ3) is 1.89. The fourth-order valence-corrected chi connectivity index (χ4v) is 3.94. The summed E-state index contributed by atoms with van der Waals surface area (Å²) in [6.45, 7) is 2.17. The molecule has 1 unspecified atom stereocenters. The van der Waals surface area contributed by atoms with Gasteiger partial charge in [0.15, 0.2) is 5.13 Å². The maximum Gasteiger partial charge on any atom is 0.180 e. The van der Waals surface area contributed by atoms with Crippen molar-refractivity contribution in [2.24, 2.45) is 0 Å². The van der Waals surface area contributed by atoms with E-state index in [2.05, 4.69) is 46.0 Å². The van der Waals surface area contributed by atoms with Gasteiger partial charge in [-0.1, -0.05) is 22.0 Å². The molecule has 0 amide bonds. The number of aryl methyl sites for hydroxylation is 2. The van der Waals surface area contributed by atoms with Gasteiger partial charge < -0.3 is 5.73 Å². The van der Waals surface area contributed by atoms with Gasteiger partial charge in [0.2, 0.25) is 0 Å². The summed E-state index contributed by atoms with van der Waals surface area (Å²) >= 11 is 5.20. The molecular weight excluding hydrogens is 296 g/mol. The predicted octanol–water partition coefficient (Wildman–Crippen LogP) is 3.87. The Labute approximate surface area is 113 Å². The van der Waals surface area contributed by atoms with E-state index in [0.717, 1.165) is 17.3 Å². The van der Waals surface area contributed by atoms with E-state index in [9.17, 15) is 0 Å². The smallest absolute Gasteiger partial charge is 0.180 e. The summed E-state index contributed by atoms with van der Waals surface area (Å²) in [7, 11) is 0. The van der Waals surface area contributed by atoms with Gasteiger partial charge in [0.25, 0.3) is 0 Å². The topological polar surface area (TPSA) is 38.9 Å². The van der Waals surface area contributed by atoms with E-state index >= 15 is 0 Å². The Kier molecular flexibility index (Phi) is 2.71. The molecule has 0 fully saturated rings. The number of aromatic nitrogens is 1. The molecule has 1 aromatic heterocycles. The summed E-state index contributed by atoms with van der Waals surface area (Å²) in [5.41, 5.74) is 9.75. The number of hydrogen-bond acceptors (Lipinski definition) is 3. The van der Waals surface area contributed by atoms with Crippen molar-refractivity contribution >= 4 is 32.4 Å². The van der Waals surface area contributed by atoms with E-state index < -0.39 is 0 Å². The molecule has 3 rings (SSSR count). The molecule has 2 aromatic rings. The molecule has 1 aliphatic carbocycles. The third-order valence-electron chi connectivity index (χ3n) is 3.35. The lowest BCUT2D eigenvalue weighted by atomic mass is 9.94. The number of rotatable bonds is 1. The largest absolute Gasteiger partial charge is 0.375 e. The van der Waals surface area contributed by atoms with Gasteiger partial charge in [-0.05, 0) is 43.0 Å². The highest BCUT2D eigenvalue weighted by Crippen LogP contribution is 2.43. The van der Waals surface area contributed by atoms with Crippen LogP contribution in [0, 0.1) is 6.92 Å². The number of nitrogen functional groups attached to an aromatic ring is 1. The summed E-state index contributed by atoms with van der Waals surface area (Å²) in [4.78, 5) is 5.77. The number of fused-ring (bicyclic) bond motifs is 1. The first-order chi connectivity index (χ1) is 8.15. The molecule has 0 bridgehead atoms. The SMILES string of the molecule is Cc1ccc(Br)cc1C1CCc2nc(N)sc21. The van der Waals surface area contributed by atoms with Gasteiger partial charge in [-0.15, -0.1) is 11.3 Å². The maximum absolute atomic E-state index is 5.80. The van der Waals surface area contributed by atoms with Crippen LogP contribution in [0.15, 0.2) is 22.7 Å². The summed E-state index contributed by atoms with van der Waals surface area (Å²) in [6.07, 6.45) is 2.21. The zero-order valence-electron chi connectivity index (χ0n) is 9.53. The van der Waals surface area contributed by atoms with Crippen LogP contribution in [-0.4, -0.2) is 4.98 Å². The Morgan fingerprint density at radius 3 is 3.12 bits per heavy atom. The van der Waals surface area contributed by atoms with E-state index in [4.69, 9.17) is 5.73 Å². The van der Waals surface area contributed by atoms with E-state index in [1.165, 1.54) is 21.7 Å². The molecule has 0 spiro atoms. The Hall–Kier alpha value is -0.870. The van der Waals surface area contributed by atoms with Gasteiger partial charge in [0.05, 0.1) is 5.69 Å². The molecule has 1 aromatic carbocycles. The number of hydrogen-bond donors (Lipinski definition) is 1. The molecule has 2 N–H and O–H groups in total. The number of benzene rings is 1. The number of thiazole rings is 1. The monoisotopic (exact) mass is 308 g/mol. The van der Waals surface area contributed by atoms with E-state index in [1.807, 2.05) is 0 Å². The Balaban J connectivity index is 2.09. The summed E-state index contributed by atoms with van der Waals surface area (Å²) in [5.74, 6) is 0.484. The van der Waals surface area contributed by atoms with Crippen LogP contribution in [0.1, 0.15) is 34.0 Å². The molecule has 0 saturated heterocycles. The molecule has 1 heterocycles. The fourth-order valence-electron chi connectivity index (χ4n) is 2.53. The maximum atomic E-state index is 5.80. The minimum atomic E-state index is 0.484. The summed E-state index contributed by atoms with van der Waals surface area (Å²) in [5, 5.41) is 0.701. The van der Waals surface area contributed by atoms with Gasteiger partial charge >= 0.3 is 0 Å². The number of anilines is 1. The van der Waals surface area contributed by atoms with E-state index in [0.29, 0.717) is 11.0 Å². The molecule has 88 valence electrons. The van der Waals surface area contributed by atoms with Crippen molar-refractivity contribution in [2.75, 3.05) is 5.73 Å². The van der Waals surface area contributed by atoms with Crippen molar-refractivity contribution in [1.29, 1.82) is 0 Å². The lowest BCUT2D eigenvalue weighted by Crippen LogP contribution is -1.97. The number of nitrogens with zero attached hydrogens (tertiary/aromatic N) is 1. The van der Waals surface area contributed by atoms with E-state index in [1.54, 1.807) is 11.3 Å².